The second-order valence-corrected chi connectivity index (χ2v) is 5.33. The van der Waals surface area contributed by atoms with Crippen LogP contribution in [0.15, 0.2) is 29.4 Å². The lowest BCUT2D eigenvalue weighted by Crippen LogP contribution is -2.24. The quantitative estimate of drug-likeness (QED) is 0.635. The van der Waals surface area contributed by atoms with E-state index in [1.165, 1.54) is 0 Å². The van der Waals surface area contributed by atoms with E-state index in [2.05, 4.69) is 10.5 Å². The molecule has 0 atom stereocenters. The Labute approximate surface area is 107 Å². The van der Waals surface area contributed by atoms with Gasteiger partial charge in [-0.2, -0.15) is 5.10 Å². The van der Waals surface area contributed by atoms with E-state index in [4.69, 9.17) is 11.6 Å². The van der Waals surface area contributed by atoms with Gasteiger partial charge in [0.15, 0.2) is 0 Å². The second-order valence-electron chi connectivity index (χ2n) is 4.90. The average Bonchev–Trinajstić information content (AvgIpc) is 2.24. The SMILES string of the molecule is C/C(=N/NC(=O)c1cccc(Cl)c1)C(C)(C)C. The van der Waals surface area contributed by atoms with Crippen LogP contribution < -0.4 is 5.43 Å². The molecule has 0 aliphatic heterocycles. The zero-order chi connectivity index (χ0) is 13.1. The van der Waals surface area contributed by atoms with Crippen molar-refractivity contribution in [3.05, 3.63) is 34.9 Å². The van der Waals surface area contributed by atoms with E-state index < -0.39 is 0 Å². The molecule has 0 heterocycles. The first kappa shape index (κ1) is 13.7. The van der Waals surface area contributed by atoms with Crippen LogP contribution in [-0.2, 0) is 0 Å². The molecule has 1 N–H and O–H groups in total. The molecule has 4 heteroatoms. The zero-order valence-electron chi connectivity index (χ0n) is 10.5. The summed E-state index contributed by atoms with van der Waals surface area (Å²) >= 11 is 5.81. The van der Waals surface area contributed by atoms with Gasteiger partial charge in [-0.15, -0.1) is 0 Å². The van der Waals surface area contributed by atoms with Gasteiger partial charge in [0.05, 0.1) is 0 Å². The number of carbonyl (C=O) groups is 1. The molecule has 1 aromatic rings. The highest BCUT2D eigenvalue weighted by Gasteiger charge is 2.14. The van der Waals surface area contributed by atoms with E-state index in [0.29, 0.717) is 10.6 Å². The van der Waals surface area contributed by atoms with Crippen molar-refractivity contribution >= 4 is 23.2 Å². The van der Waals surface area contributed by atoms with Crippen molar-refractivity contribution in [1.29, 1.82) is 0 Å². The first-order valence-corrected chi connectivity index (χ1v) is 5.79. The smallest absolute Gasteiger partial charge is 0.267 e. The topological polar surface area (TPSA) is 41.5 Å². The third kappa shape index (κ3) is 4.19. The fraction of sp³-hybridized carbons (Fsp3) is 0.385. The lowest BCUT2D eigenvalue weighted by Gasteiger charge is -2.17. The number of benzene rings is 1. The molecule has 0 unspecified atom stereocenters. The summed E-state index contributed by atoms with van der Waals surface area (Å²) in [6.07, 6.45) is 0. The number of hydrazone groups is 1. The zero-order valence-corrected chi connectivity index (χ0v) is 11.3. The Morgan fingerprint density at radius 1 is 1.35 bits per heavy atom. The number of nitrogens with one attached hydrogen (secondary N) is 1. The highest BCUT2D eigenvalue weighted by atomic mass is 35.5. The molecule has 0 aliphatic carbocycles. The summed E-state index contributed by atoms with van der Waals surface area (Å²) in [5.41, 5.74) is 3.84. The molecule has 1 aromatic carbocycles. The number of hydrogen-bond acceptors (Lipinski definition) is 2. The fourth-order valence-corrected chi connectivity index (χ4v) is 1.19. The maximum Gasteiger partial charge on any atom is 0.271 e. The van der Waals surface area contributed by atoms with E-state index >= 15 is 0 Å². The molecule has 1 amide bonds. The number of halogens is 1. The molecule has 0 aliphatic rings. The molecule has 0 fully saturated rings. The second kappa shape index (κ2) is 5.32. The molecule has 0 aromatic heterocycles. The minimum atomic E-state index is -0.254. The first-order valence-electron chi connectivity index (χ1n) is 5.41. The normalized spacial score (nSPS) is 12.4. The van der Waals surface area contributed by atoms with Crippen LogP contribution in [0.1, 0.15) is 38.1 Å². The predicted octanol–water partition coefficient (Wildman–Crippen LogP) is 3.49. The average molecular weight is 253 g/mol. The van der Waals surface area contributed by atoms with Crippen LogP contribution in [-0.4, -0.2) is 11.6 Å². The van der Waals surface area contributed by atoms with Gasteiger partial charge in [0.2, 0.25) is 0 Å². The molecule has 0 saturated heterocycles. The van der Waals surface area contributed by atoms with Gasteiger partial charge in [-0.25, -0.2) is 5.43 Å². The van der Waals surface area contributed by atoms with Crippen LogP contribution in [0.5, 0.6) is 0 Å². The van der Waals surface area contributed by atoms with Crippen LogP contribution in [0.4, 0.5) is 0 Å². The van der Waals surface area contributed by atoms with E-state index in [-0.39, 0.29) is 11.3 Å². The Hall–Kier alpha value is -1.35. The molecule has 0 bridgehead atoms. The third-order valence-electron chi connectivity index (χ3n) is 2.50. The number of amides is 1. The molecular formula is C13H17ClN2O. The lowest BCUT2D eigenvalue weighted by atomic mass is 9.91. The molecule has 17 heavy (non-hydrogen) atoms. The van der Waals surface area contributed by atoms with Gasteiger partial charge < -0.3 is 0 Å². The monoisotopic (exact) mass is 252 g/mol. The first-order chi connectivity index (χ1) is 7.80. The number of hydrogen-bond donors (Lipinski definition) is 1. The summed E-state index contributed by atoms with van der Waals surface area (Å²) in [7, 11) is 0. The van der Waals surface area contributed by atoms with E-state index in [1.807, 2.05) is 27.7 Å². The standard InChI is InChI=1S/C13H17ClN2O/c1-9(13(2,3)4)15-16-12(17)10-6-5-7-11(14)8-10/h5-8H,1-4H3,(H,16,17)/b15-9-. The summed E-state index contributed by atoms with van der Waals surface area (Å²) < 4.78 is 0. The van der Waals surface area contributed by atoms with Crippen molar-refractivity contribution in [1.82, 2.24) is 5.43 Å². The maximum atomic E-state index is 11.8. The minimum absolute atomic E-state index is 0.0540. The molecule has 1 rings (SSSR count). The van der Waals surface area contributed by atoms with Crippen LogP contribution in [0, 0.1) is 5.41 Å². The Bertz CT molecular complexity index is 447. The van der Waals surface area contributed by atoms with Gasteiger partial charge in [0, 0.05) is 21.7 Å². The van der Waals surface area contributed by atoms with Crippen molar-refractivity contribution in [2.45, 2.75) is 27.7 Å². The lowest BCUT2D eigenvalue weighted by molar-refractivity contribution is 0.0954. The predicted molar refractivity (Wildman–Crippen MR) is 71.5 cm³/mol. The molecule has 0 spiro atoms. The summed E-state index contributed by atoms with van der Waals surface area (Å²) in [5.74, 6) is -0.254. The van der Waals surface area contributed by atoms with Crippen molar-refractivity contribution < 1.29 is 4.79 Å². The van der Waals surface area contributed by atoms with Gasteiger partial charge >= 0.3 is 0 Å². The van der Waals surface area contributed by atoms with Crippen LogP contribution in [0.3, 0.4) is 0 Å². The highest BCUT2D eigenvalue weighted by Crippen LogP contribution is 2.15. The van der Waals surface area contributed by atoms with Crippen molar-refractivity contribution in [2.75, 3.05) is 0 Å². The van der Waals surface area contributed by atoms with Gasteiger partial charge in [0.25, 0.3) is 5.91 Å². The summed E-state index contributed by atoms with van der Waals surface area (Å²) in [4.78, 5) is 11.8. The minimum Gasteiger partial charge on any atom is -0.267 e. The number of rotatable bonds is 2. The molecule has 92 valence electrons. The van der Waals surface area contributed by atoms with E-state index in [1.54, 1.807) is 24.3 Å². The van der Waals surface area contributed by atoms with Crippen molar-refractivity contribution in [3.8, 4) is 0 Å². The number of nitrogens with zero attached hydrogens (tertiary/aromatic N) is 1. The molecule has 0 saturated carbocycles. The van der Waals surface area contributed by atoms with Gasteiger partial charge in [-0.05, 0) is 25.1 Å². The maximum absolute atomic E-state index is 11.8. The molecule has 0 radical (unpaired) electrons. The Kier molecular flexibility index (Phi) is 4.29. The highest BCUT2D eigenvalue weighted by molar-refractivity contribution is 6.30. The Balaban J connectivity index is 2.75. The van der Waals surface area contributed by atoms with Gasteiger partial charge in [-0.1, -0.05) is 38.4 Å². The van der Waals surface area contributed by atoms with Crippen molar-refractivity contribution in [3.63, 3.8) is 0 Å². The van der Waals surface area contributed by atoms with E-state index in [0.717, 1.165) is 5.71 Å². The Morgan fingerprint density at radius 2 is 2.00 bits per heavy atom. The van der Waals surface area contributed by atoms with Crippen molar-refractivity contribution in [2.24, 2.45) is 10.5 Å². The summed E-state index contributed by atoms with van der Waals surface area (Å²) in [6, 6.07) is 6.77. The summed E-state index contributed by atoms with van der Waals surface area (Å²) in [6.45, 7) is 8.00. The van der Waals surface area contributed by atoms with Crippen LogP contribution >= 0.6 is 11.6 Å². The third-order valence-corrected chi connectivity index (χ3v) is 2.73. The van der Waals surface area contributed by atoms with E-state index in [9.17, 15) is 4.79 Å². The largest absolute Gasteiger partial charge is 0.271 e. The molecular weight excluding hydrogens is 236 g/mol. The van der Waals surface area contributed by atoms with Gasteiger partial charge in [0.1, 0.15) is 0 Å². The fourth-order valence-electron chi connectivity index (χ4n) is 0.997. The number of carbonyl (C=O) groups excluding carboxylic acids is 1. The van der Waals surface area contributed by atoms with Gasteiger partial charge in [-0.3, -0.25) is 4.79 Å². The Morgan fingerprint density at radius 3 is 2.53 bits per heavy atom. The van der Waals surface area contributed by atoms with Crippen LogP contribution in [0.25, 0.3) is 0 Å². The molecule has 3 nitrogen and oxygen atoms in total. The summed E-state index contributed by atoms with van der Waals surface area (Å²) in [5, 5.41) is 4.61. The van der Waals surface area contributed by atoms with Crippen LogP contribution in [0.2, 0.25) is 5.02 Å².